The van der Waals surface area contributed by atoms with E-state index in [1.807, 2.05) is 133 Å². The van der Waals surface area contributed by atoms with Crippen molar-refractivity contribution >= 4 is 11.8 Å². The molecular weight excluding hydrogens is 448 g/mol. The maximum absolute atomic E-state index is 12.5. The largest absolute Gasteiger partial charge is 0.462 e. The van der Waals surface area contributed by atoms with E-state index in [1.165, 1.54) is 0 Å². The topological polar surface area (TPSA) is 72.4 Å². The van der Waals surface area contributed by atoms with E-state index in [0.717, 1.165) is 22.3 Å². The molecule has 0 bridgehead atoms. The molecule has 0 saturated heterocycles. The van der Waals surface area contributed by atoms with E-state index in [4.69, 9.17) is 0 Å². The van der Waals surface area contributed by atoms with Crippen molar-refractivity contribution in [1.82, 2.24) is 15.1 Å². The third-order valence-electron chi connectivity index (χ3n) is 6.13. The first-order chi connectivity index (χ1) is 17.5. The average Bonchev–Trinajstić information content (AvgIpc) is 2.90. The molecule has 6 nitrogen and oxygen atoms in total. The van der Waals surface area contributed by atoms with E-state index in [2.05, 4.69) is 10.3 Å². The second kappa shape index (κ2) is 12.0. The maximum atomic E-state index is 12.5. The average molecular weight is 482 g/mol. The number of carbonyl (C=O) groups is 1. The summed E-state index contributed by atoms with van der Waals surface area (Å²) in [4.78, 5) is 19.4. The van der Waals surface area contributed by atoms with Gasteiger partial charge in [0.05, 0.1) is 6.04 Å². The highest BCUT2D eigenvalue weighted by Gasteiger charge is 2.20. The van der Waals surface area contributed by atoms with Crippen LogP contribution in [0, 0.1) is 0 Å². The third-order valence-corrected chi connectivity index (χ3v) is 6.13. The Hall–Kier alpha value is -4.16. The van der Waals surface area contributed by atoms with E-state index >= 15 is 0 Å². The van der Waals surface area contributed by atoms with Gasteiger partial charge in [-0.3, -0.25) is 4.79 Å². The highest BCUT2D eigenvalue weighted by atomic mass is 16.3. The van der Waals surface area contributed by atoms with Gasteiger partial charge < -0.3 is 15.3 Å². The molecular formula is C30H33N4O2+2. The third kappa shape index (κ3) is 6.93. The van der Waals surface area contributed by atoms with Crippen molar-refractivity contribution in [2.45, 2.75) is 25.9 Å². The Kier molecular flexibility index (Phi) is 8.32. The van der Waals surface area contributed by atoms with Crippen molar-refractivity contribution in [2.24, 2.45) is 0 Å². The van der Waals surface area contributed by atoms with E-state index in [-0.39, 0.29) is 30.4 Å². The summed E-state index contributed by atoms with van der Waals surface area (Å²) in [6.45, 7) is 4.63. The van der Waals surface area contributed by atoms with Gasteiger partial charge in [0.2, 0.25) is 6.54 Å². The number of allylic oxidation sites excluding steroid dienone is 6. The Labute approximate surface area is 213 Å². The summed E-state index contributed by atoms with van der Waals surface area (Å²) in [5.74, 6) is 0.181. The maximum Gasteiger partial charge on any atom is 0.353 e. The van der Waals surface area contributed by atoms with Crippen molar-refractivity contribution in [1.29, 1.82) is 0 Å². The van der Waals surface area contributed by atoms with Gasteiger partial charge in [-0.15, -0.1) is 4.90 Å². The molecule has 2 atom stereocenters. The Morgan fingerprint density at radius 3 is 2.06 bits per heavy atom. The Bertz CT molecular complexity index is 1190. The minimum Gasteiger partial charge on any atom is -0.462 e. The predicted octanol–water partition coefficient (Wildman–Crippen LogP) is 3.48. The fraction of sp³-hybridized carbons (Fsp3) is 0.200. The predicted molar refractivity (Wildman–Crippen MR) is 144 cm³/mol. The van der Waals surface area contributed by atoms with Crippen LogP contribution in [-0.2, 0) is 4.79 Å². The molecule has 0 spiro atoms. The van der Waals surface area contributed by atoms with Crippen LogP contribution in [0.3, 0.4) is 0 Å². The highest BCUT2D eigenvalue weighted by molar-refractivity contribution is 5.79. The molecule has 0 aliphatic carbocycles. The van der Waals surface area contributed by atoms with Crippen molar-refractivity contribution in [3.8, 4) is 0 Å². The summed E-state index contributed by atoms with van der Waals surface area (Å²) in [5, 5.41) is 13.4. The monoisotopic (exact) mass is 481 g/mol. The number of nitrogens with zero attached hydrogens (tertiary/aromatic N) is 2. The molecule has 6 heteroatoms. The number of hydrogen-bond donors (Lipinski definition) is 3. The molecule has 2 aromatic carbocycles. The molecule has 0 saturated carbocycles. The minimum absolute atomic E-state index is 0.0192. The lowest BCUT2D eigenvalue weighted by atomic mass is 10.0. The first-order valence-corrected chi connectivity index (χ1v) is 12.2. The van der Waals surface area contributed by atoms with Crippen LogP contribution in [0.25, 0.3) is 0 Å². The molecule has 0 fully saturated rings. The van der Waals surface area contributed by atoms with Gasteiger partial charge >= 0.3 is 5.90 Å². The smallest absolute Gasteiger partial charge is 0.353 e. The van der Waals surface area contributed by atoms with Gasteiger partial charge in [-0.25, -0.2) is 4.99 Å². The van der Waals surface area contributed by atoms with Crippen LogP contribution in [0.15, 0.2) is 121 Å². The molecule has 4 rings (SSSR count). The molecule has 2 aliphatic rings. The van der Waals surface area contributed by atoms with Crippen molar-refractivity contribution in [3.63, 3.8) is 0 Å². The second-order valence-electron chi connectivity index (χ2n) is 8.94. The van der Waals surface area contributed by atoms with Crippen LogP contribution >= 0.6 is 0 Å². The molecule has 36 heavy (non-hydrogen) atoms. The summed E-state index contributed by atoms with van der Waals surface area (Å²) in [5.41, 5.74) is 4.32. The lowest BCUT2D eigenvalue weighted by Crippen LogP contribution is -2.75. The molecule has 1 amide bonds. The van der Waals surface area contributed by atoms with Gasteiger partial charge in [-0.1, -0.05) is 60.7 Å². The number of rotatable bonds is 8. The van der Waals surface area contributed by atoms with Crippen LogP contribution in [0.5, 0.6) is 0 Å². The molecule has 3 N–H and O–H groups in total. The van der Waals surface area contributed by atoms with Gasteiger partial charge in [-0.2, -0.15) is 0 Å². The lowest BCUT2D eigenvalue weighted by Gasteiger charge is -2.17. The summed E-state index contributed by atoms with van der Waals surface area (Å²) in [6, 6.07) is 19.9. The SMILES string of the molecule is C[C@H](NC(=O)C[N+]1C=CC(=C2C=CN(CC(O)=[NH+][C@@H](C)c3ccccc3)C=C2)C=C1)c1ccccc1. The summed E-state index contributed by atoms with van der Waals surface area (Å²) in [6.07, 6.45) is 15.7. The molecule has 2 heterocycles. The molecule has 1 radical (unpaired) electrons. The molecule has 2 aromatic rings. The van der Waals surface area contributed by atoms with E-state index in [9.17, 15) is 9.90 Å². The van der Waals surface area contributed by atoms with Gasteiger partial charge in [0.1, 0.15) is 6.54 Å². The molecule has 0 unspecified atom stereocenters. The van der Waals surface area contributed by atoms with Crippen LogP contribution in [0.1, 0.15) is 37.1 Å². The molecule has 183 valence electrons. The van der Waals surface area contributed by atoms with Crippen molar-refractivity contribution in [3.05, 3.63) is 132 Å². The number of aliphatic hydroxyl groups is 1. The zero-order valence-electron chi connectivity index (χ0n) is 20.7. The highest BCUT2D eigenvalue weighted by Crippen LogP contribution is 2.19. The van der Waals surface area contributed by atoms with E-state index < -0.39 is 0 Å². The second-order valence-corrected chi connectivity index (χ2v) is 8.94. The van der Waals surface area contributed by atoms with Crippen LogP contribution < -0.4 is 15.2 Å². The zero-order valence-corrected chi connectivity index (χ0v) is 20.7. The van der Waals surface area contributed by atoms with E-state index in [0.29, 0.717) is 6.54 Å². The number of nitrogens with one attached hydrogen (secondary N) is 2. The summed E-state index contributed by atoms with van der Waals surface area (Å²) >= 11 is 0. The summed E-state index contributed by atoms with van der Waals surface area (Å²) < 4.78 is 0. The minimum atomic E-state index is -0.0389. The number of aliphatic hydroxyl groups excluding tert-OH is 1. The van der Waals surface area contributed by atoms with Gasteiger partial charge in [0, 0.05) is 37.0 Å². The summed E-state index contributed by atoms with van der Waals surface area (Å²) in [7, 11) is 0. The van der Waals surface area contributed by atoms with Crippen LogP contribution in [0.4, 0.5) is 0 Å². The zero-order chi connectivity index (χ0) is 25.3. The van der Waals surface area contributed by atoms with Crippen molar-refractivity contribution < 1.29 is 14.9 Å². The fourth-order valence-corrected chi connectivity index (χ4v) is 4.08. The first kappa shape index (κ1) is 24.9. The Morgan fingerprint density at radius 1 is 0.889 bits per heavy atom. The number of carbonyl (C=O) groups excluding carboxylic acids is 1. The van der Waals surface area contributed by atoms with Gasteiger partial charge in [0.15, 0.2) is 18.4 Å². The Morgan fingerprint density at radius 2 is 1.44 bits per heavy atom. The lowest BCUT2D eigenvalue weighted by molar-refractivity contribution is -0.514. The molecule has 2 aliphatic heterocycles. The molecule has 0 aromatic heterocycles. The van der Waals surface area contributed by atoms with Crippen molar-refractivity contribution in [2.75, 3.05) is 13.1 Å². The fourth-order valence-electron chi connectivity index (χ4n) is 4.08. The van der Waals surface area contributed by atoms with E-state index in [1.54, 1.807) is 0 Å². The number of amides is 1. The Balaban J connectivity index is 1.27. The van der Waals surface area contributed by atoms with Gasteiger partial charge in [-0.05, 0) is 35.8 Å². The first-order valence-electron chi connectivity index (χ1n) is 12.2. The van der Waals surface area contributed by atoms with Crippen LogP contribution in [-0.4, -0.2) is 34.9 Å². The van der Waals surface area contributed by atoms with Gasteiger partial charge in [0.25, 0.3) is 5.91 Å². The quantitative estimate of drug-likeness (QED) is 0.307. The number of hydrogen-bond acceptors (Lipinski definition) is 3. The van der Waals surface area contributed by atoms with Crippen LogP contribution in [0.2, 0.25) is 0 Å². The number of benzene rings is 2. The normalized spacial score (nSPS) is 17.4. The standard InChI is InChI=1S/C30H32N4O2/c1-23(25-9-5-3-6-10-25)31-29(35)21-33-17-13-27(14-18-33)28-15-19-34(20-16-28)22-30(36)32-24(2)26-11-7-4-8-12-26/h3-20,23-24H,21-22H2,1-2H3,(H,31,35)(H,32,36)/q+1/p+1/t23-,24-/m0/s1.